The normalized spacial score (nSPS) is 16.6. The van der Waals surface area contributed by atoms with Gasteiger partial charge in [-0.1, -0.05) is 35.9 Å². The molecule has 4 amide bonds. The molecule has 0 bridgehead atoms. The first-order valence-corrected chi connectivity index (χ1v) is 14.1. The second kappa shape index (κ2) is 15.6. The molecule has 0 saturated carbocycles. The number of hydrogen-bond donors (Lipinski definition) is 2. The molecule has 2 aromatic carbocycles. The fourth-order valence-corrected chi connectivity index (χ4v) is 4.94. The van der Waals surface area contributed by atoms with Crippen LogP contribution >= 0.6 is 11.6 Å². The summed E-state index contributed by atoms with van der Waals surface area (Å²) in [4.78, 5) is 66.1. The molecule has 10 nitrogen and oxygen atoms in total. The number of hydrogen-bond acceptors (Lipinski definition) is 6. The van der Waals surface area contributed by atoms with E-state index in [2.05, 4.69) is 10.1 Å². The Bertz CT molecular complexity index is 1380. The number of rotatable bonds is 13. The van der Waals surface area contributed by atoms with Gasteiger partial charge >= 0.3 is 12.1 Å². The number of esters is 1. The standard InChI is InChI=1S/C29H30ClF5N4O6/c30-19-5-1-17(2-6-19)15-22(25(41)37-12-11-31)39-14-13-38(21(26(39)42)9-10-24(36)40)27(43)23(45-28(44)29(33,34)35)16-18-3-7-20(32)8-4-18/h1-8,21-23H,9-16H2,(H2,36,40)(H,37,41). The van der Waals surface area contributed by atoms with Crippen molar-refractivity contribution in [2.45, 2.75) is 50.0 Å². The molecular weight excluding hydrogens is 631 g/mol. The van der Waals surface area contributed by atoms with Gasteiger partial charge in [0.05, 0.1) is 0 Å². The van der Waals surface area contributed by atoms with Crippen molar-refractivity contribution in [2.75, 3.05) is 26.3 Å². The van der Waals surface area contributed by atoms with Crippen molar-refractivity contribution in [3.63, 3.8) is 0 Å². The Hall–Kier alpha value is -4.27. The van der Waals surface area contributed by atoms with Crippen LogP contribution < -0.4 is 11.1 Å². The van der Waals surface area contributed by atoms with E-state index in [1.807, 2.05) is 0 Å². The van der Waals surface area contributed by atoms with Crippen LogP contribution in [0.1, 0.15) is 24.0 Å². The zero-order chi connectivity index (χ0) is 33.3. The third kappa shape index (κ3) is 9.86. The van der Waals surface area contributed by atoms with Crippen LogP contribution in [-0.2, 0) is 41.6 Å². The van der Waals surface area contributed by atoms with E-state index in [0.717, 1.165) is 21.9 Å². The number of carbonyl (C=O) groups excluding carboxylic acids is 5. The van der Waals surface area contributed by atoms with Gasteiger partial charge in [-0.05, 0) is 41.8 Å². The second-order valence-corrected chi connectivity index (χ2v) is 10.6. The van der Waals surface area contributed by atoms with Crippen LogP contribution in [0, 0.1) is 5.82 Å². The predicted molar refractivity (Wildman–Crippen MR) is 150 cm³/mol. The molecule has 0 aromatic heterocycles. The summed E-state index contributed by atoms with van der Waals surface area (Å²) >= 11 is 5.95. The van der Waals surface area contributed by atoms with Crippen LogP contribution in [0.25, 0.3) is 0 Å². The fourth-order valence-electron chi connectivity index (χ4n) is 4.81. The molecule has 3 rings (SSSR count). The van der Waals surface area contributed by atoms with Crippen molar-refractivity contribution in [3.8, 4) is 0 Å². The highest BCUT2D eigenvalue weighted by atomic mass is 35.5. The van der Waals surface area contributed by atoms with Crippen LogP contribution in [0.2, 0.25) is 5.02 Å². The lowest BCUT2D eigenvalue weighted by Crippen LogP contribution is -2.65. The summed E-state index contributed by atoms with van der Waals surface area (Å²) in [6.07, 6.45) is -8.97. The van der Waals surface area contributed by atoms with E-state index in [-0.39, 0.29) is 38.0 Å². The number of nitrogens with one attached hydrogen (secondary N) is 1. The Labute approximate surface area is 259 Å². The van der Waals surface area contributed by atoms with Crippen molar-refractivity contribution in [1.29, 1.82) is 0 Å². The van der Waals surface area contributed by atoms with Crippen LogP contribution in [0.15, 0.2) is 48.5 Å². The van der Waals surface area contributed by atoms with Crippen molar-refractivity contribution < 1.29 is 50.7 Å². The number of benzene rings is 2. The first-order chi connectivity index (χ1) is 21.2. The third-order valence-corrected chi connectivity index (χ3v) is 7.23. The minimum atomic E-state index is -5.46. The molecule has 244 valence electrons. The summed E-state index contributed by atoms with van der Waals surface area (Å²) in [5.74, 6) is -6.90. The predicted octanol–water partition coefficient (Wildman–Crippen LogP) is 2.50. The van der Waals surface area contributed by atoms with Gasteiger partial charge in [-0.15, -0.1) is 0 Å². The van der Waals surface area contributed by atoms with E-state index in [1.54, 1.807) is 24.3 Å². The molecule has 0 radical (unpaired) electrons. The van der Waals surface area contributed by atoms with Gasteiger partial charge in [0.2, 0.25) is 17.7 Å². The van der Waals surface area contributed by atoms with Crippen LogP contribution in [0.4, 0.5) is 22.0 Å². The van der Waals surface area contributed by atoms with E-state index < -0.39 is 79.3 Å². The molecular formula is C29H30ClF5N4O6. The van der Waals surface area contributed by atoms with Crippen molar-refractivity contribution in [2.24, 2.45) is 5.73 Å². The molecule has 1 saturated heterocycles. The quantitative estimate of drug-likeness (QED) is 0.250. The minimum absolute atomic E-state index is 0.0477. The summed E-state index contributed by atoms with van der Waals surface area (Å²) in [6.45, 7) is -1.87. The Morgan fingerprint density at radius 2 is 1.60 bits per heavy atom. The summed E-state index contributed by atoms with van der Waals surface area (Å²) in [5.41, 5.74) is 6.00. The first-order valence-electron chi connectivity index (χ1n) is 13.7. The number of primary amides is 1. The number of alkyl halides is 4. The average Bonchev–Trinajstić information content (AvgIpc) is 2.98. The molecule has 1 aliphatic heterocycles. The smallest absolute Gasteiger partial charge is 0.445 e. The number of nitrogens with zero attached hydrogens (tertiary/aromatic N) is 2. The van der Waals surface area contributed by atoms with Gasteiger partial charge in [0.1, 0.15) is 24.6 Å². The molecule has 1 fully saturated rings. The van der Waals surface area contributed by atoms with Gasteiger partial charge in [0, 0.05) is 43.9 Å². The molecule has 16 heteroatoms. The molecule has 0 aliphatic carbocycles. The van der Waals surface area contributed by atoms with Crippen LogP contribution in [0.5, 0.6) is 0 Å². The molecule has 1 aliphatic rings. The SMILES string of the molecule is NC(=O)CCC1C(=O)N(C(Cc2ccc(Cl)cc2)C(=O)NCCF)CCN1C(=O)C(Cc1ccc(F)cc1)OC(=O)C(F)(F)F. The van der Waals surface area contributed by atoms with Crippen molar-refractivity contribution in [3.05, 3.63) is 70.5 Å². The Morgan fingerprint density at radius 3 is 2.18 bits per heavy atom. The van der Waals surface area contributed by atoms with Gasteiger partial charge in [0.15, 0.2) is 6.10 Å². The van der Waals surface area contributed by atoms with E-state index in [9.17, 15) is 45.9 Å². The number of carbonyl (C=O) groups is 5. The largest absolute Gasteiger partial charge is 0.490 e. The van der Waals surface area contributed by atoms with E-state index >= 15 is 0 Å². The summed E-state index contributed by atoms with van der Waals surface area (Å²) < 4.78 is 70.2. The van der Waals surface area contributed by atoms with Gasteiger partial charge in [-0.2, -0.15) is 13.2 Å². The van der Waals surface area contributed by atoms with Gasteiger partial charge in [-0.3, -0.25) is 19.2 Å². The average molecular weight is 661 g/mol. The van der Waals surface area contributed by atoms with E-state index in [4.69, 9.17) is 17.3 Å². The van der Waals surface area contributed by atoms with Gasteiger partial charge in [0.25, 0.3) is 5.91 Å². The van der Waals surface area contributed by atoms with Crippen LogP contribution in [-0.4, -0.2) is 90.1 Å². The third-order valence-electron chi connectivity index (χ3n) is 6.98. The maximum Gasteiger partial charge on any atom is 0.490 e. The maximum atomic E-state index is 13.9. The molecule has 2 aromatic rings. The molecule has 3 unspecified atom stereocenters. The lowest BCUT2D eigenvalue weighted by molar-refractivity contribution is -0.206. The summed E-state index contributed by atoms with van der Waals surface area (Å²) in [7, 11) is 0. The highest BCUT2D eigenvalue weighted by Gasteiger charge is 2.47. The van der Waals surface area contributed by atoms with Crippen molar-refractivity contribution >= 4 is 41.2 Å². The summed E-state index contributed by atoms with van der Waals surface area (Å²) in [6, 6.07) is 7.99. The number of amides is 4. The van der Waals surface area contributed by atoms with Gasteiger partial charge < -0.3 is 25.6 Å². The summed E-state index contributed by atoms with van der Waals surface area (Å²) in [5, 5.41) is 2.80. The highest BCUT2D eigenvalue weighted by molar-refractivity contribution is 6.30. The van der Waals surface area contributed by atoms with Crippen molar-refractivity contribution in [1.82, 2.24) is 15.1 Å². The number of ether oxygens (including phenoxy) is 1. The molecule has 45 heavy (non-hydrogen) atoms. The maximum absolute atomic E-state index is 13.9. The number of halogens is 6. The Morgan fingerprint density at radius 1 is 1.00 bits per heavy atom. The second-order valence-electron chi connectivity index (χ2n) is 10.1. The molecule has 0 spiro atoms. The zero-order valence-corrected chi connectivity index (χ0v) is 24.5. The molecule has 3 N–H and O–H groups in total. The highest BCUT2D eigenvalue weighted by Crippen LogP contribution is 2.25. The molecule has 1 heterocycles. The monoisotopic (exact) mass is 660 g/mol. The lowest BCUT2D eigenvalue weighted by atomic mass is 9.97. The first kappa shape index (κ1) is 35.2. The van der Waals surface area contributed by atoms with Crippen LogP contribution in [0.3, 0.4) is 0 Å². The van der Waals surface area contributed by atoms with E-state index in [1.165, 1.54) is 12.1 Å². The molecule has 3 atom stereocenters. The topological polar surface area (TPSA) is 139 Å². The minimum Gasteiger partial charge on any atom is -0.445 e. The lowest BCUT2D eigenvalue weighted by Gasteiger charge is -2.44. The number of piperazine rings is 1. The Kier molecular flexibility index (Phi) is 12.2. The van der Waals surface area contributed by atoms with Gasteiger partial charge in [-0.25, -0.2) is 13.6 Å². The zero-order valence-electron chi connectivity index (χ0n) is 23.7. The Balaban J connectivity index is 1.95. The number of nitrogens with two attached hydrogens (primary N) is 1. The fraction of sp³-hybridized carbons (Fsp3) is 0.414. The van der Waals surface area contributed by atoms with E-state index in [0.29, 0.717) is 10.6 Å².